The van der Waals surface area contributed by atoms with Crippen LogP contribution in [0, 0.1) is 0 Å². The van der Waals surface area contributed by atoms with Crippen LogP contribution < -0.4 is 9.88 Å². The Balaban J connectivity index is 1.81. The Labute approximate surface area is 164 Å². The van der Waals surface area contributed by atoms with E-state index in [0.29, 0.717) is 18.6 Å². The van der Waals surface area contributed by atoms with Gasteiger partial charge in [0.15, 0.2) is 0 Å². The lowest BCUT2D eigenvalue weighted by atomic mass is 9.86. The summed E-state index contributed by atoms with van der Waals surface area (Å²) in [5.41, 5.74) is 2.98. The maximum absolute atomic E-state index is 11.5. The predicted molar refractivity (Wildman–Crippen MR) is 108 cm³/mol. The lowest BCUT2D eigenvalue weighted by molar-refractivity contribution is 0.113. The van der Waals surface area contributed by atoms with E-state index >= 15 is 0 Å². The summed E-state index contributed by atoms with van der Waals surface area (Å²) in [6, 6.07) is 14.2. The Morgan fingerprint density at radius 2 is 1.82 bits per heavy atom. The van der Waals surface area contributed by atoms with Gasteiger partial charge in [-0.05, 0) is 54.8 Å². The fourth-order valence-corrected chi connectivity index (χ4v) is 3.92. The largest absolute Gasteiger partial charge is 0.456 e. The van der Waals surface area contributed by atoms with Gasteiger partial charge in [0.1, 0.15) is 11.5 Å². The van der Waals surface area contributed by atoms with Crippen LogP contribution in [0.4, 0.5) is 0 Å². The van der Waals surface area contributed by atoms with Gasteiger partial charge >= 0.3 is 0 Å². The lowest BCUT2D eigenvalue weighted by Gasteiger charge is -2.27. The summed E-state index contributed by atoms with van der Waals surface area (Å²) in [7, 11) is -3.75. The second-order valence-electron chi connectivity index (χ2n) is 7.32. The molecule has 2 aromatic carbocycles. The topological polar surface area (TPSA) is 89.6 Å². The number of rotatable bonds is 3. The van der Waals surface area contributed by atoms with E-state index in [4.69, 9.17) is 9.88 Å². The molecule has 5 nitrogen and oxygen atoms in total. The molecule has 6 heteroatoms. The molecule has 0 saturated carbocycles. The van der Waals surface area contributed by atoms with Crippen LogP contribution in [0.2, 0.25) is 0 Å². The summed E-state index contributed by atoms with van der Waals surface area (Å²) >= 11 is 0. The van der Waals surface area contributed by atoms with E-state index in [1.54, 1.807) is 25.1 Å². The number of ether oxygens (including phenoxy) is 1. The number of sulfonamides is 1. The van der Waals surface area contributed by atoms with Gasteiger partial charge in [-0.15, -0.1) is 0 Å². The average Bonchev–Trinajstić information content (AvgIpc) is 2.66. The molecule has 0 fully saturated rings. The minimum Gasteiger partial charge on any atom is -0.456 e. The van der Waals surface area contributed by atoms with Crippen LogP contribution in [-0.2, 0) is 16.4 Å². The number of fused-ring (bicyclic) bond motifs is 1. The number of hydrogen-bond donors (Lipinski definition) is 2. The van der Waals surface area contributed by atoms with Crippen molar-refractivity contribution < 1.29 is 18.3 Å². The van der Waals surface area contributed by atoms with Gasteiger partial charge in [0.05, 0.1) is 10.5 Å². The zero-order chi connectivity index (χ0) is 19.9. The van der Waals surface area contributed by atoms with Gasteiger partial charge in [-0.1, -0.05) is 36.4 Å². The molecule has 1 unspecified atom stereocenters. The number of aliphatic hydroxyl groups is 1. The normalized spacial score (nSPS) is 21.8. The summed E-state index contributed by atoms with van der Waals surface area (Å²) in [4.78, 5) is 0.0578. The number of nitrogens with two attached hydrogens (primary N) is 1. The van der Waals surface area contributed by atoms with Crippen LogP contribution in [-0.4, -0.2) is 19.1 Å². The summed E-state index contributed by atoms with van der Waals surface area (Å²) < 4.78 is 29.3. The van der Waals surface area contributed by atoms with Gasteiger partial charge in [-0.25, -0.2) is 13.6 Å². The molecule has 4 rings (SSSR count). The van der Waals surface area contributed by atoms with Gasteiger partial charge in [0, 0.05) is 17.6 Å². The van der Waals surface area contributed by atoms with Crippen molar-refractivity contribution in [1.82, 2.24) is 0 Å². The summed E-state index contributed by atoms with van der Waals surface area (Å²) in [5, 5.41) is 15.4. The third-order valence-corrected chi connectivity index (χ3v) is 5.91. The fourth-order valence-electron chi connectivity index (χ4n) is 3.40. The molecule has 1 atom stereocenters. The molecule has 0 saturated heterocycles. The first-order valence-corrected chi connectivity index (χ1v) is 10.5. The quantitative estimate of drug-likeness (QED) is 0.834. The molecule has 1 heterocycles. The van der Waals surface area contributed by atoms with Crippen molar-refractivity contribution in [2.45, 2.75) is 30.3 Å². The Bertz CT molecular complexity index is 1120. The van der Waals surface area contributed by atoms with E-state index in [9.17, 15) is 13.5 Å². The van der Waals surface area contributed by atoms with Crippen molar-refractivity contribution in [3.05, 3.63) is 89.0 Å². The highest BCUT2D eigenvalue weighted by molar-refractivity contribution is 7.89. The van der Waals surface area contributed by atoms with Crippen LogP contribution in [0.25, 0.3) is 5.76 Å². The van der Waals surface area contributed by atoms with E-state index in [2.05, 4.69) is 0 Å². The third-order valence-electron chi connectivity index (χ3n) is 4.98. The molecule has 2 aromatic rings. The second kappa shape index (κ2) is 6.74. The molecule has 0 spiro atoms. The van der Waals surface area contributed by atoms with Crippen LogP contribution in [0.5, 0.6) is 5.75 Å². The Morgan fingerprint density at radius 1 is 1.11 bits per heavy atom. The lowest BCUT2D eigenvalue weighted by Crippen LogP contribution is -2.22. The molecule has 2 aliphatic rings. The highest BCUT2D eigenvalue weighted by Gasteiger charge is 2.26. The van der Waals surface area contributed by atoms with Gasteiger partial charge < -0.3 is 9.84 Å². The predicted octanol–water partition coefficient (Wildman–Crippen LogP) is 3.32. The molecule has 28 heavy (non-hydrogen) atoms. The third kappa shape index (κ3) is 3.67. The molecule has 1 aliphatic heterocycles. The summed E-state index contributed by atoms with van der Waals surface area (Å²) in [6.45, 7) is 1.77. The zero-order valence-electron chi connectivity index (χ0n) is 15.4. The van der Waals surface area contributed by atoms with Crippen molar-refractivity contribution in [2.24, 2.45) is 5.14 Å². The van der Waals surface area contributed by atoms with Crippen LogP contribution in [0.15, 0.2) is 82.8 Å². The molecular formula is C22H21NO4S. The Morgan fingerprint density at radius 3 is 2.46 bits per heavy atom. The first-order chi connectivity index (χ1) is 13.2. The first kappa shape index (κ1) is 18.7. The molecule has 1 aliphatic carbocycles. The number of benzene rings is 2. The number of allylic oxidation sites excluding steroid dienone is 3. The van der Waals surface area contributed by atoms with Crippen molar-refractivity contribution >= 4 is 15.8 Å². The van der Waals surface area contributed by atoms with E-state index in [-0.39, 0.29) is 4.90 Å². The number of primary sulfonamides is 1. The molecule has 0 amide bonds. The Kier molecular flexibility index (Phi) is 4.50. The minimum atomic E-state index is -3.75. The summed E-state index contributed by atoms with van der Waals surface area (Å²) in [6.07, 6.45) is 6.90. The van der Waals surface area contributed by atoms with Crippen molar-refractivity contribution in [2.75, 3.05) is 0 Å². The van der Waals surface area contributed by atoms with Gasteiger partial charge in [-0.3, -0.25) is 0 Å². The number of para-hydroxylation sites is 1. The highest BCUT2D eigenvalue weighted by atomic mass is 32.2. The number of hydrogen-bond acceptors (Lipinski definition) is 4. The molecule has 144 valence electrons. The van der Waals surface area contributed by atoms with Crippen LogP contribution in [0.1, 0.15) is 24.5 Å². The van der Waals surface area contributed by atoms with Crippen LogP contribution in [0.3, 0.4) is 0 Å². The first-order valence-electron chi connectivity index (χ1n) is 8.97. The molecule has 0 aromatic heterocycles. The highest BCUT2D eigenvalue weighted by Crippen LogP contribution is 2.39. The SMILES string of the molecule is CC1(O)C=CC(C2=C(c3ccc(S(N)(=O)=O)cc3)Oc3ccccc3C2)=CC1. The Hall–Kier alpha value is -2.67. The van der Waals surface area contributed by atoms with Crippen molar-refractivity contribution in [3.63, 3.8) is 0 Å². The maximum Gasteiger partial charge on any atom is 0.238 e. The fraction of sp³-hybridized carbons (Fsp3) is 0.182. The minimum absolute atomic E-state index is 0.0578. The van der Waals surface area contributed by atoms with Crippen LogP contribution >= 0.6 is 0 Å². The zero-order valence-corrected chi connectivity index (χ0v) is 16.2. The van der Waals surface area contributed by atoms with Gasteiger partial charge in [0.25, 0.3) is 0 Å². The van der Waals surface area contributed by atoms with E-state index in [1.165, 1.54) is 12.1 Å². The molecule has 3 N–H and O–H groups in total. The molecule has 0 bridgehead atoms. The second-order valence-corrected chi connectivity index (χ2v) is 8.88. The average molecular weight is 395 g/mol. The molecular weight excluding hydrogens is 374 g/mol. The van der Waals surface area contributed by atoms with Crippen molar-refractivity contribution in [1.29, 1.82) is 0 Å². The van der Waals surface area contributed by atoms with E-state index in [1.807, 2.05) is 36.4 Å². The molecule has 0 radical (unpaired) electrons. The standard InChI is InChI=1S/C22H21NO4S/c1-22(24)12-10-15(11-13-22)19-14-17-4-2-3-5-20(17)27-21(19)16-6-8-18(9-7-16)28(23,25)26/h2-12,24H,13-14H2,1H3,(H2,23,25,26). The van der Waals surface area contributed by atoms with Crippen molar-refractivity contribution in [3.8, 4) is 5.75 Å². The summed E-state index contributed by atoms with van der Waals surface area (Å²) in [5.74, 6) is 1.46. The van der Waals surface area contributed by atoms with E-state index in [0.717, 1.165) is 28.0 Å². The van der Waals surface area contributed by atoms with E-state index < -0.39 is 15.6 Å². The maximum atomic E-state index is 11.5. The van der Waals surface area contributed by atoms with Gasteiger partial charge in [0.2, 0.25) is 10.0 Å². The van der Waals surface area contributed by atoms with Gasteiger partial charge in [-0.2, -0.15) is 0 Å². The monoisotopic (exact) mass is 395 g/mol. The smallest absolute Gasteiger partial charge is 0.238 e.